The Morgan fingerprint density at radius 3 is 2.44 bits per heavy atom. The van der Waals surface area contributed by atoms with Crippen LogP contribution in [0.15, 0.2) is 24.3 Å². The van der Waals surface area contributed by atoms with Crippen LogP contribution in [0.2, 0.25) is 0 Å². The fourth-order valence-corrected chi connectivity index (χ4v) is 2.18. The summed E-state index contributed by atoms with van der Waals surface area (Å²) in [5.74, 6) is -0.365. The molecule has 0 saturated heterocycles. The number of carbonyl (C=O) groups is 1. The largest absolute Gasteiger partial charge is 0.366 e. The molecule has 1 amide bonds. The first-order chi connectivity index (χ1) is 7.75. The molecule has 16 heavy (non-hydrogen) atoms. The smallest absolute Gasteiger partial charge is 0.248 e. The topological polar surface area (TPSA) is 55.1 Å². The number of primary amides is 1. The van der Waals surface area contributed by atoms with E-state index in [1.54, 1.807) is 12.1 Å². The van der Waals surface area contributed by atoms with Crippen LogP contribution < -0.4 is 11.1 Å². The van der Waals surface area contributed by atoms with Gasteiger partial charge in [0.15, 0.2) is 0 Å². The van der Waals surface area contributed by atoms with E-state index in [0.29, 0.717) is 11.6 Å². The number of rotatable bonds is 4. The summed E-state index contributed by atoms with van der Waals surface area (Å²) < 4.78 is 0. The molecule has 86 valence electrons. The number of nitrogens with one attached hydrogen (secondary N) is 1. The van der Waals surface area contributed by atoms with E-state index in [1.165, 1.54) is 31.2 Å². The molecule has 1 aromatic rings. The SMILES string of the molecule is NC(=O)c1ccc(CNC2CCCC2)cc1. The minimum Gasteiger partial charge on any atom is -0.366 e. The lowest BCUT2D eigenvalue weighted by atomic mass is 10.1. The van der Waals surface area contributed by atoms with E-state index in [1.807, 2.05) is 12.1 Å². The van der Waals surface area contributed by atoms with Gasteiger partial charge in [0.1, 0.15) is 0 Å². The quantitative estimate of drug-likeness (QED) is 0.810. The maximum absolute atomic E-state index is 10.9. The van der Waals surface area contributed by atoms with E-state index in [9.17, 15) is 4.79 Å². The van der Waals surface area contributed by atoms with E-state index in [0.717, 1.165) is 6.54 Å². The van der Waals surface area contributed by atoms with Crippen LogP contribution in [0.4, 0.5) is 0 Å². The van der Waals surface area contributed by atoms with Crippen molar-refractivity contribution < 1.29 is 4.79 Å². The highest BCUT2D eigenvalue weighted by Crippen LogP contribution is 2.18. The summed E-state index contributed by atoms with van der Waals surface area (Å²) in [6.45, 7) is 0.879. The molecular weight excluding hydrogens is 200 g/mol. The summed E-state index contributed by atoms with van der Waals surface area (Å²) in [4.78, 5) is 10.9. The van der Waals surface area contributed by atoms with Gasteiger partial charge in [0.25, 0.3) is 0 Å². The summed E-state index contributed by atoms with van der Waals surface area (Å²) in [7, 11) is 0. The average Bonchev–Trinajstić information content (AvgIpc) is 2.80. The van der Waals surface area contributed by atoms with Crippen LogP contribution in [0.3, 0.4) is 0 Å². The molecule has 0 radical (unpaired) electrons. The molecule has 0 aromatic heterocycles. The Morgan fingerprint density at radius 1 is 1.25 bits per heavy atom. The first-order valence-corrected chi connectivity index (χ1v) is 5.88. The van der Waals surface area contributed by atoms with Crippen LogP contribution in [-0.2, 0) is 6.54 Å². The van der Waals surface area contributed by atoms with Crippen molar-refractivity contribution in [1.82, 2.24) is 5.32 Å². The van der Waals surface area contributed by atoms with Crippen molar-refractivity contribution in [2.45, 2.75) is 38.3 Å². The Hall–Kier alpha value is -1.35. The lowest BCUT2D eigenvalue weighted by Crippen LogP contribution is -2.25. The molecule has 0 unspecified atom stereocenters. The number of carbonyl (C=O) groups excluding carboxylic acids is 1. The minimum atomic E-state index is -0.365. The number of nitrogens with two attached hydrogens (primary N) is 1. The van der Waals surface area contributed by atoms with Crippen LogP contribution in [0.1, 0.15) is 41.6 Å². The van der Waals surface area contributed by atoms with Crippen molar-refractivity contribution in [2.75, 3.05) is 0 Å². The molecule has 3 N–H and O–H groups in total. The number of benzene rings is 1. The molecule has 3 heteroatoms. The second-order valence-electron chi connectivity index (χ2n) is 4.42. The van der Waals surface area contributed by atoms with Crippen molar-refractivity contribution in [3.8, 4) is 0 Å². The third-order valence-electron chi connectivity index (χ3n) is 3.19. The first kappa shape index (κ1) is 11.1. The molecule has 0 atom stereocenters. The molecule has 2 rings (SSSR count). The van der Waals surface area contributed by atoms with Gasteiger partial charge in [-0.25, -0.2) is 0 Å². The maximum atomic E-state index is 10.9. The van der Waals surface area contributed by atoms with Gasteiger partial charge in [-0.05, 0) is 30.5 Å². The van der Waals surface area contributed by atoms with Crippen LogP contribution in [0.5, 0.6) is 0 Å². The van der Waals surface area contributed by atoms with Gasteiger partial charge >= 0.3 is 0 Å². The van der Waals surface area contributed by atoms with Crippen LogP contribution in [-0.4, -0.2) is 11.9 Å². The molecular formula is C13H18N2O. The average molecular weight is 218 g/mol. The van der Waals surface area contributed by atoms with Gasteiger partial charge in [-0.2, -0.15) is 0 Å². The molecule has 3 nitrogen and oxygen atoms in total. The summed E-state index contributed by atoms with van der Waals surface area (Å²) in [6, 6.07) is 8.17. The van der Waals surface area contributed by atoms with Gasteiger partial charge in [0.05, 0.1) is 0 Å². The molecule has 0 aliphatic heterocycles. The molecule has 1 aliphatic carbocycles. The number of amides is 1. The fraction of sp³-hybridized carbons (Fsp3) is 0.462. The first-order valence-electron chi connectivity index (χ1n) is 5.88. The van der Waals surface area contributed by atoms with Gasteiger partial charge in [-0.1, -0.05) is 25.0 Å². The Balaban J connectivity index is 1.87. The summed E-state index contributed by atoms with van der Waals surface area (Å²) >= 11 is 0. The number of hydrogen-bond acceptors (Lipinski definition) is 2. The minimum absolute atomic E-state index is 0.365. The molecule has 0 heterocycles. The summed E-state index contributed by atoms with van der Waals surface area (Å²) in [6.07, 6.45) is 5.27. The van der Waals surface area contributed by atoms with Crippen LogP contribution in [0.25, 0.3) is 0 Å². The van der Waals surface area contributed by atoms with Crippen LogP contribution >= 0.6 is 0 Å². The monoisotopic (exact) mass is 218 g/mol. The fourth-order valence-electron chi connectivity index (χ4n) is 2.18. The zero-order valence-electron chi connectivity index (χ0n) is 9.41. The second kappa shape index (κ2) is 5.12. The third-order valence-corrected chi connectivity index (χ3v) is 3.19. The van der Waals surface area contributed by atoms with Gasteiger partial charge in [0, 0.05) is 18.2 Å². The summed E-state index contributed by atoms with van der Waals surface area (Å²) in [5.41, 5.74) is 6.96. The second-order valence-corrected chi connectivity index (χ2v) is 4.42. The van der Waals surface area contributed by atoms with E-state index < -0.39 is 0 Å². The Labute approximate surface area is 96.0 Å². The van der Waals surface area contributed by atoms with Crippen molar-refractivity contribution in [3.05, 3.63) is 35.4 Å². The van der Waals surface area contributed by atoms with E-state index >= 15 is 0 Å². The highest BCUT2D eigenvalue weighted by atomic mass is 16.1. The predicted octanol–water partition coefficient (Wildman–Crippen LogP) is 1.82. The molecule has 1 aromatic carbocycles. The van der Waals surface area contributed by atoms with Crippen molar-refractivity contribution in [2.24, 2.45) is 5.73 Å². The van der Waals surface area contributed by atoms with Crippen molar-refractivity contribution in [1.29, 1.82) is 0 Å². The van der Waals surface area contributed by atoms with Gasteiger partial charge in [-0.15, -0.1) is 0 Å². The normalized spacial score (nSPS) is 16.5. The lowest BCUT2D eigenvalue weighted by molar-refractivity contribution is 0.100. The Kier molecular flexibility index (Phi) is 3.57. The highest BCUT2D eigenvalue weighted by molar-refractivity contribution is 5.92. The van der Waals surface area contributed by atoms with E-state index in [2.05, 4.69) is 5.32 Å². The Bertz CT molecular complexity index is 353. The van der Waals surface area contributed by atoms with Crippen LogP contribution in [0, 0.1) is 0 Å². The zero-order valence-corrected chi connectivity index (χ0v) is 9.41. The maximum Gasteiger partial charge on any atom is 0.248 e. The van der Waals surface area contributed by atoms with E-state index in [4.69, 9.17) is 5.73 Å². The van der Waals surface area contributed by atoms with Gasteiger partial charge in [-0.3, -0.25) is 4.79 Å². The van der Waals surface area contributed by atoms with Gasteiger partial charge < -0.3 is 11.1 Å². The van der Waals surface area contributed by atoms with Crippen molar-refractivity contribution in [3.63, 3.8) is 0 Å². The predicted molar refractivity (Wildman–Crippen MR) is 64.1 cm³/mol. The number of hydrogen-bond donors (Lipinski definition) is 2. The van der Waals surface area contributed by atoms with E-state index in [-0.39, 0.29) is 5.91 Å². The Morgan fingerprint density at radius 2 is 1.88 bits per heavy atom. The highest BCUT2D eigenvalue weighted by Gasteiger charge is 2.13. The van der Waals surface area contributed by atoms with Crippen molar-refractivity contribution >= 4 is 5.91 Å². The molecule has 1 fully saturated rings. The molecule has 0 spiro atoms. The third kappa shape index (κ3) is 2.83. The lowest BCUT2D eigenvalue weighted by Gasteiger charge is -2.11. The standard InChI is InChI=1S/C13H18N2O/c14-13(16)11-7-5-10(6-8-11)9-15-12-3-1-2-4-12/h5-8,12,15H,1-4,9H2,(H2,14,16). The molecule has 1 saturated carbocycles. The zero-order chi connectivity index (χ0) is 11.4. The summed E-state index contributed by atoms with van der Waals surface area (Å²) in [5, 5.41) is 3.53. The molecule has 1 aliphatic rings. The molecule has 0 bridgehead atoms. The van der Waals surface area contributed by atoms with Gasteiger partial charge in [0.2, 0.25) is 5.91 Å².